The van der Waals surface area contributed by atoms with Crippen LogP contribution in [0, 0.1) is 0 Å². The van der Waals surface area contributed by atoms with E-state index in [0.29, 0.717) is 17.7 Å². The third-order valence-corrected chi connectivity index (χ3v) is 1.76. The summed E-state index contributed by atoms with van der Waals surface area (Å²) in [4.78, 5) is 22.1. The lowest BCUT2D eigenvalue weighted by Gasteiger charge is -2.09. The van der Waals surface area contributed by atoms with Crippen LogP contribution in [0.4, 0.5) is 0 Å². The average molecular weight is 197 g/mol. The Morgan fingerprint density at radius 2 is 2.07 bits per heavy atom. The molecule has 0 heterocycles. The molecule has 0 radical (unpaired) electrons. The quantitative estimate of drug-likeness (QED) is 0.543. The van der Waals surface area contributed by atoms with Crippen molar-refractivity contribution >= 4 is 11.9 Å². The number of ether oxygens (including phenoxy) is 1. The maximum absolute atomic E-state index is 11.1. The van der Waals surface area contributed by atoms with Crippen LogP contribution in [0.3, 0.4) is 0 Å². The number of carbonyl (C=O) groups excluding carboxylic acids is 2. The van der Waals surface area contributed by atoms with Crippen LogP contribution >= 0.6 is 0 Å². The van der Waals surface area contributed by atoms with E-state index in [1.807, 2.05) is 6.92 Å². The highest BCUT2D eigenvalue weighted by Crippen LogP contribution is 2.06. The molecule has 0 aliphatic carbocycles. The van der Waals surface area contributed by atoms with Gasteiger partial charge in [-0.05, 0) is 19.4 Å². The third kappa shape index (κ3) is 3.43. The van der Waals surface area contributed by atoms with Gasteiger partial charge < -0.3 is 10.1 Å². The first-order chi connectivity index (χ1) is 6.56. The van der Waals surface area contributed by atoms with E-state index in [4.69, 9.17) is 0 Å². The molecule has 0 saturated carbocycles. The molecule has 0 aliphatic rings. The van der Waals surface area contributed by atoms with Crippen LogP contribution in [0.15, 0.2) is 23.9 Å². The van der Waals surface area contributed by atoms with Crippen LogP contribution in [0.1, 0.15) is 20.3 Å². The van der Waals surface area contributed by atoms with Crippen molar-refractivity contribution in [2.24, 2.45) is 0 Å². The van der Waals surface area contributed by atoms with E-state index in [1.54, 1.807) is 6.92 Å². The Morgan fingerprint density at radius 1 is 1.50 bits per heavy atom. The van der Waals surface area contributed by atoms with Crippen LogP contribution in [0.2, 0.25) is 0 Å². The molecule has 0 unspecified atom stereocenters. The minimum Gasteiger partial charge on any atom is -0.466 e. The van der Waals surface area contributed by atoms with E-state index in [-0.39, 0.29) is 5.91 Å². The first kappa shape index (κ1) is 12.4. The van der Waals surface area contributed by atoms with Crippen molar-refractivity contribution in [3.8, 4) is 0 Å². The Morgan fingerprint density at radius 3 is 2.43 bits per heavy atom. The molecule has 14 heavy (non-hydrogen) atoms. The molecule has 0 aromatic rings. The van der Waals surface area contributed by atoms with Crippen molar-refractivity contribution in [1.29, 1.82) is 0 Å². The number of methoxy groups -OCH3 is 1. The maximum atomic E-state index is 11.1. The molecular weight excluding hydrogens is 182 g/mol. The summed E-state index contributed by atoms with van der Waals surface area (Å²) in [5.74, 6) is -0.767. The van der Waals surface area contributed by atoms with Crippen LogP contribution in [0.5, 0.6) is 0 Å². The van der Waals surface area contributed by atoms with Gasteiger partial charge in [-0.3, -0.25) is 4.79 Å². The van der Waals surface area contributed by atoms with E-state index in [0.717, 1.165) is 6.08 Å². The Kier molecular flexibility index (Phi) is 5.29. The predicted octanol–water partition coefficient (Wildman–Crippen LogP) is 1.15. The number of rotatable bonds is 4. The molecule has 0 spiro atoms. The van der Waals surface area contributed by atoms with Crippen molar-refractivity contribution in [3.63, 3.8) is 0 Å². The Bertz CT molecular complexity index is 279. The normalized spacial score (nSPS) is 11.4. The summed E-state index contributed by atoms with van der Waals surface area (Å²) in [5, 5.41) is 2.55. The van der Waals surface area contributed by atoms with Crippen molar-refractivity contribution < 1.29 is 14.3 Å². The number of hydrogen-bond donors (Lipinski definition) is 1. The van der Waals surface area contributed by atoms with Crippen molar-refractivity contribution in [3.05, 3.63) is 23.9 Å². The summed E-state index contributed by atoms with van der Waals surface area (Å²) in [7, 11) is 1.30. The molecule has 1 amide bonds. The summed E-state index contributed by atoms with van der Waals surface area (Å²) in [5.41, 5.74) is 0.965. The molecule has 1 N–H and O–H groups in total. The van der Waals surface area contributed by atoms with Crippen LogP contribution in [-0.4, -0.2) is 19.0 Å². The predicted molar refractivity (Wildman–Crippen MR) is 53.3 cm³/mol. The lowest BCUT2D eigenvalue weighted by Crippen LogP contribution is -2.23. The van der Waals surface area contributed by atoms with Crippen molar-refractivity contribution in [1.82, 2.24) is 5.32 Å². The van der Waals surface area contributed by atoms with Crippen LogP contribution < -0.4 is 5.32 Å². The van der Waals surface area contributed by atoms with Gasteiger partial charge in [0.15, 0.2) is 0 Å². The van der Waals surface area contributed by atoms with Gasteiger partial charge in [0.25, 0.3) is 0 Å². The fourth-order valence-corrected chi connectivity index (χ4v) is 0.923. The van der Waals surface area contributed by atoms with Gasteiger partial charge in [-0.15, -0.1) is 0 Å². The Balaban J connectivity index is 4.75. The minimum atomic E-state index is -0.439. The van der Waals surface area contributed by atoms with E-state index >= 15 is 0 Å². The van der Waals surface area contributed by atoms with Gasteiger partial charge >= 0.3 is 5.97 Å². The maximum Gasteiger partial charge on any atom is 0.335 e. The second-order valence-corrected chi connectivity index (χ2v) is 2.64. The molecule has 0 aromatic heterocycles. The molecule has 78 valence electrons. The summed E-state index contributed by atoms with van der Waals surface area (Å²) in [6.45, 7) is 6.77. The smallest absolute Gasteiger partial charge is 0.335 e. The molecule has 0 bridgehead atoms. The van der Waals surface area contributed by atoms with Gasteiger partial charge in [-0.1, -0.05) is 13.5 Å². The summed E-state index contributed by atoms with van der Waals surface area (Å²) in [6.07, 6.45) is 1.71. The Labute approximate surface area is 83.6 Å². The van der Waals surface area contributed by atoms with E-state index in [9.17, 15) is 9.59 Å². The van der Waals surface area contributed by atoms with E-state index in [1.165, 1.54) is 7.11 Å². The molecule has 0 rings (SSSR count). The second kappa shape index (κ2) is 5.96. The molecule has 0 aliphatic heterocycles. The Hall–Kier alpha value is -1.58. The van der Waals surface area contributed by atoms with Gasteiger partial charge in [0, 0.05) is 5.70 Å². The molecule has 0 atom stereocenters. The molecule has 0 saturated heterocycles. The largest absolute Gasteiger partial charge is 0.466 e. The standard InChI is InChI=1S/C10H15NO3/c1-5-8(11-9(12)6-2)7(3)10(13)14-4/h6H,2,5H2,1,3-4H3,(H,11,12). The fraction of sp³-hybridized carbons (Fsp3) is 0.400. The number of amides is 1. The third-order valence-electron chi connectivity index (χ3n) is 1.76. The van der Waals surface area contributed by atoms with Gasteiger partial charge in [-0.25, -0.2) is 4.79 Å². The average Bonchev–Trinajstić information content (AvgIpc) is 2.23. The first-order valence-corrected chi connectivity index (χ1v) is 4.28. The summed E-state index contributed by atoms with van der Waals surface area (Å²) < 4.78 is 4.54. The SMILES string of the molecule is C=CC(=O)NC(CC)=C(C)C(=O)OC. The number of hydrogen-bond acceptors (Lipinski definition) is 3. The van der Waals surface area contributed by atoms with Crippen LogP contribution in [0.25, 0.3) is 0 Å². The zero-order valence-electron chi connectivity index (χ0n) is 8.72. The lowest BCUT2D eigenvalue weighted by molar-refractivity contribution is -0.136. The summed E-state index contributed by atoms with van der Waals surface area (Å²) in [6, 6.07) is 0. The topological polar surface area (TPSA) is 55.4 Å². The highest BCUT2D eigenvalue weighted by molar-refractivity contribution is 5.92. The minimum absolute atomic E-state index is 0.329. The number of esters is 1. The molecule has 4 nitrogen and oxygen atoms in total. The second-order valence-electron chi connectivity index (χ2n) is 2.64. The van der Waals surface area contributed by atoms with Crippen LogP contribution in [-0.2, 0) is 14.3 Å². The summed E-state index contributed by atoms with van der Waals surface area (Å²) >= 11 is 0. The van der Waals surface area contributed by atoms with E-state index < -0.39 is 5.97 Å². The van der Waals surface area contributed by atoms with Crippen molar-refractivity contribution in [2.45, 2.75) is 20.3 Å². The number of allylic oxidation sites excluding steroid dienone is 1. The zero-order chi connectivity index (χ0) is 11.1. The van der Waals surface area contributed by atoms with E-state index in [2.05, 4.69) is 16.6 Å². The number of carbonyl (C=O) groups is 2. The molecular formula is C10H15NO3. The highest BCUT2D eigenvalue weighted by atomic mass is 16.5. The molecule has 0 fully saturated rings. The first-order valence-electron chi connectivity index (χ1n) is 4.28. The molecule has 0 aromatic carbocycles. The molecule has 4 heteroatoms. The fourth-order valence-electron chi connectivity index (χ4n) is 0.923. The number of nitrogens with one attached hydrogen (secondary N) is 1. The monoisotopic (exact) mass is 197 g/mol. The lowest BCUT2D eigenvalue weighted by atomic mass is 10.2. The zero-order valence-corrected chi connectivity index (χ0v) is 8.72. The van der Waals surface area contributed by atoms with Gasteiger partial charge in [0.1, 0.15) is 0 Å². The van der Waals surface area contributed by atoms with Gasteiger partial charge in [0.2, 0.25) is 5.91 Å². The van der Waals surface area contributed by atoms with Gasteiger partial charge in [0.05, 0.1) is 12.7 Å². The van der Waals surface area contributed by atoms with Crippen molar-refractivity contribution in [2.75, 3.05) is 7.11 Å². The highest BCUT2D eigenvalue weighted by Gasteiger charge is 2.10. The van der Waals surface area contributed by atoms with Gasteiger partial charge in [-0.2, -0.15) is 0 Å².